The quantitative estimate of drug-likeness (QED) is 0.110. The number of aliphatic hydroxyl groups is 1. The number of nitrogens with one attached hydrogen (secondary N) is 3. The van der Waals surface area contributed by atoms with Crippen LogP contribution in [0.2, 0.25) is 0 Å². The summed E-state index contributed by atoms with van der Waals surface area (Å²) >= 11 is 0. The highest BCUT2D eigenvalue weighted by Gasteiger charge is 2.33. The molecule has 13 heteroatoms. The lowest BCUT2D eigenvalue weighted by Gasteiger charge is -2.26. The van der Waals surface area contributed by atoms with E-state index in [0.717, 1.165) is 0 Å². The number of unbranched alkanes of at least 4 members (excludes halogenated alkanes) is 1. The van der Waals surface area contributed by atoms with Crippen LogP contribution in [0.25, 0.3) is 0 Å². The van der Waals surface area contributed by atoms with E-state index in [2.05, 4.69) is 16.0 Å². The molecule has 0 bridgehead atoms. The van der Waals surface area contributed by atoms with Gasteiger partial charge in [0.05, 0.1) is 18.6 Å². The number of benzene rings is 1. The maximum absolute atomic E-state index is 13.1. The Morgan fingerprint density at radius 1 is 0.917 bits per heavy atom. The van der Waals surface area contributed by atoms with Crippen molar-refractivity contribution in [2.24, 2.45) is 17.2 Å². The Morgan fingerprint density at radius 3 is 2.06 bits per heavy atom. The van der Waals surface area contributed by atoms with E-state index in [-0.39, 0.29) is 6.42 Å². The lowest BCUT2D eigenvalue weighted by molar-refractivity contribution is -0.144. The number of hydrogen-bond donors (Lipinski definition) is 8. The Bertz CT molecular complexity index is 896. The first-order valence-corrected chi connectivity index (χ1v) is 11.6. The molecule has 0 aliphatic heterocycles. The standard InChI is InChI=1S/C23H36N6O7/c1-13(30)19(22(34)28-17(23(35)36)12-18(26)31)29-21(33)16(11-14-7-3-2-4-8-14)27-20(32)15(25)9-5-6-10-24/h2-4,7-8,13,15-17,19,30H,5-6,9-12,24-25H2,1H3,(H2,26,31)(H,27,32)(H,28,34)(H,29,33)(H,35,36). The SMILES string of the molecule is CC(O)C(NC(=O)C(Cc1ccccc1)NC(=O)C(N)CCCCN)C(=O)NC(CC(N)=O)C(=O)O. The first-order valence-electron chi connectivity index (χ1n) is 11.6. The van der Waals surface area contributed by atoms with Gasteiger partial charge in [-0.05, 0) is 31.9 Å². The molecular weight excluding hydrogens is 472 g/mol. The summed E-state index contributed by atoms with van der Waals surface area (Å²) in [4.78, 5) is 60.9. The molecule has 5 atom stereocenters. The van der Waals surface area contributed by atoms with E-state index in [1.165, 1.54) is 6.92 Å². The molecule has 1 aromatic carbocycles. The van der Waals surface area contributed by atoms with Crippen molar-refractivity contribution in [1.82, 2.24) is 16.0 Å². The van der Waals surface area contributed by atoms with E-state index in [1.807, 2.05) is 0 Å². The van der Waals surface area contributed by atoms with Crippen LogP contribution in [0.1, 0.15) is 38.2 Å². The lowest BCUT2D eigenvalue weighted by atomic mass is 10.0. The summed E-state index contributed by atoms with van der Waals surface area (Å²) in [7, 11) is 0. The summed E-state index contributed by atoms with van der Waals surface area (Å²) in [6.07, 6.45) is -0.396. The number of aliphatic carboxylic acids is 1. The summed E-state index contributed by atoms with van der Waals surface area (Å²) in [5.74, 6) is -4.91. The molecule has 0 spiro atoms. The molecular formula is C23H36N6O7. The van der Waals surface area contributed by atoms with Crippen molar-refractivity contribution in [1.29, 1.82) is 0 Å². The molecule has 0 radical (unpaired) electrons. The molecule has 0 aromatic heterocycles. The average molecular weight is 509 g/mol. The molecule has 1 rings (SSSR count). The van der Waals surface area contributed by atoms with Crippen molar-refractivity contribution >= 4 is 29.6 Å². The zero-order valence-electron chi connectivity index (χ0n) is 20.2. The van der Waals surface area contributed by atoms with Gasteiger partial charge in [-0.1, -0.05) is 36.8 Å². The fourth-order valence-electron chi connectivity index (χ4n) is 3.30. The third-order valence-corrected chi connectivity index (χ3v) is 5.30. The van der Waals surface area contributed by atoms with Gasteiger partial charge in [0.25, 0.3) is 0 Å². The molecule has 4 amide bonds. The van der Waals surface area contributed by atoms with Gasteiger partial charge in [0.1, 0.15) is 18.1 Å². The van der Waals surface area contributed by atoms with Crippen LogP contribution in [-0.2, 0) is 30.4 Å². The summed E-state index contributed by atoms with van der Waals surface area (Å²) in [6, 6.07) is 3.49. The summed E-state index contributed by atoms with van der Waals surface area (Å²) in [5.41, 5.74) is 17.1. The number of carbonyl (C=O) groups is 5. The molecule has 1 aromatic rings. The maximum Gasteiger partial charge on any atom is 0.326 e. The lowest BCUT2D eigenvalue weighted by Crippen LogP contribution is -2.60. The molecule has 5 unspecified atom stereocenters. The van der Waals surface area contributed by atoms with Gasteiger partial charge < -0.3 is 43.4 Å². The molecule has 0 heterocycles. The highest BCUT2D eigenvalue weighted by molar-refractivity contribution is 5.95. The molecule has 0 saturated heterocycles. The molecule has 13 nitrogen and oxygen atoms in total. The molecule has 0 saturated carbocycles. The number of hydrogen-bond acceptors (Lipinski definition) is 8. The van der Waals surface area contributed by atoms with E-state index in [9.17, 15) is 34.2 Å². The van der Waals surface area contributed by atoms with Crippen LogP contribution in [-0.4, -0.2) is 76.6 Å². The molecule has 0 aliphatic rings. The van der Waals surface area contributed by atoms with Crippen LogP contribution < -0.4 is 33.2 Å². The number of carboxylic acid groups (broad SMARTS) is 1. The Hall–Kier alpha value is -3.55. The first-order chi connectivity index (χ1) is 17.0. The highest BCUT2D eigenvalue weighted by Crippen LogP contribution is 2.07. The van der Waals surface area contributed by atoms with Gasteiger partial charge in [0, 0.05) is 6.42 Å². The van der Waals surface area contributed by atoms with E-state index >= 15 is 0 Å². The predicted molar refractivity (Wildman–Crippen MR) is 130 cm³/mol. The number of carboxylic acids is 1. The van der Waals surface area contributed by atoms with Gasteiger partial charge in [-0.2, -0.15) is 0 Å². The topological polar surface area (TPSA) is 240 Å². The van der Waals surface area contributed by atoms with E-state index in [0.29, 0.717) is 31.4 Å². The van der Waals surface area contributed by atoms with Crippen LogP contribution in [0.4, 0.5) is 0 Å². The van der Waals surface area contributed by atoms with Crippen molar-refractivity contribution in [3.8, 4) is 0 Å². The van der Waals surface area contributed by atoms with Gasteiger partial charge in [-0.3, -0.25) is 19.2 Å². The third-order valence-electron chi connectivity index (χ3n) is 5.30. The number of carbonyl (C=O) groups excluding carboxylic acids is 4. The Labute approximate surface area is 209 Å². The van der Waals surface area contributed by atoms with Gasteiger partial charge >= 0.3 is 5.97 Å². The second-order valence-electron chi connectivity index (χ2n) is 8.44. The van der Waals surface area contributed by atoms with Gasteiger partial charge in [0.15, 0.2) is 0 Å². The Kier molecular flexibility index (Phi) is 13.1. The van der Waals surface area contributed by atoms with E-state index in [4.69, 9.17) is 17.2 Å². The highest BCUT2D eigenvalue weighted by atomic mass is 16.4. The number of amides is 4. The second kappa shape index (κ2) is 15.4. The third kappa shape index (κ3) is 10.8. The largest absolute Gasteiger partial charge is 0.480 e. The summed E-state index contributed by atoms with van der Waals surface area (Å²) in [5, 5.41) is 26.3. The fraction of sp³-hybridized carbons (Fsp3) is 0.522. The zero-order valence-corrected chi connectivity index (χ0v) is 20.2. The van der Waals surface area contributed by atoms with Crippen LogP contribution in [0.3, 0.4) is 0 Å². The van der Waals surface area contributed by atoms with Gasteiger partial charge in [-0.25, -0.2) is 4.79 Å². The Morgan fingerprint density at radius 2 is 1.53 bits per heavy atom. The van der Waals surface area contributed by atoms with Gasteiger partial charge in [0.2, 0.25) is 23.6 Å². The minimum Gasteiger partial charge on any atom is -0.480 e. The molecule has 0 aliphatic carbocycles. The predicted octanol–water partition coefficient (Wildman–Crippen LogP) is -2.52. The van der Waals surface area contributed by atoms with E-state index in [1.54, 1.807) is 30.3 Å². The maximum atomic E-state index is 13.1. The molecule has 11 N–H and O–H groups in total. The zero-order chi connectivity index (χ0) is 27.3. The monoisotopic (exact) mass is 508 g/mol. The first kappa shape index (κ1) is 30.5. The van der Waals surface area contributed by atoms with Crippen molar-refractivity contribution in [2.45, 2.75) is 69.3 Å². The number of primary amides is 1. The van der Waals surface area contributed by atoms with E-state index < -0.39 is 66.3 Å². The van der Waals surface area contributed by atoms with Crippen molar-refractivity contribution < 1.29 is 34.2 Å². The van der Waals surface area contributed by atoms with Crippen molar-refractivity contribution in [3.63, 3.8) is 0 Å². The number of aliphatic hydroxyl groups excluding tert-OH is 1. The average Bonchev–Trinajstić information content (AvgIpc) is 2.81. The van der Waals surface area contributed by atoms with Crippen LogP contribution in [0.15, 0.2) is 30.3 Å². The second-order valence-corrected chi connectivity index (χ2v) is 8.44. The summed E-state index contributed by atoms with van der Waals surface area (Å²) < 4.78 is 0. The molecule has 36 heavy (non-hydrogen) atoms. The molecule has 200 valence electrons. The normalized spacial score (nSPS) is 15.0. The number of rotatable bonds is 16. The molecule has 0 fully saturated rings. The van der Waals surface area contributed by atoms with Crippen LogP contribution in [0, 0.1) is 0 Å². The van der Waals surface area contributed by atoms with Gasteiger partial charge in [-0.15, -0.1) is 0 Å². The van der Waals surface area contributed by atoms with Crippen molar-refractivity contribution in [2.75, 3.05) is 6.54 Å². The van der Waals surface area contributed by atoms with Crippen LogP contribution in [0.5, 0.6) is 0 Å². The summed E-state index contributed by atoms with van der Waals surface area (Å²) in [6.45, 7) is 1.67. The minimum absolute atomic E-state index is 0.0571. The fourth-order valence-corrected chi connectivity index (χ4v) is 3.30. The number of nitrogens with two attached hydrogens (primary N) is 3. The van der Waals surface area contributed by atoms with Crippen molar-refractivity contribution in [3.05, 3.63) is 35.9 Å². The minimum atomic E-state index is -1.65. The smallest absolute Gasteiger partial charge is 0.326 e. The Balaban J connectivity index is 3.03. The van der Waals surface area contributed by atoms with Crippen LogP contribution >= 0.6 is 0 Å².